The van der Waals surface area contributed by atoms with Gasteiger partial charge in [0.25, 0.3) is 0 Å². The Hall–Kier alpha value is -0.890. The van der Waals surface area contributed by atoms with E-state index in [1.54, 1.807) is 18.3 Å². The van der Waals surface area contributed by atoms with Crippen LogP contribution in [0, 0.1) is 0 Å². The zero-order chi connectivity index (χ0) is 14.8. The van der Waals surface area contributed by atoms with Crippen molar-refractivity contribution in [1.29, 1.82) is 0 Å². The van der Waals surface area contributed by atoms with E-state index in [1.807, 2.05) is 17.8 Å². The first-order valence-electron chi connectivity index (χ1n) is 5.81. The normalized spacial score (nSPS) is 11.8. The Morgan fingerprint density at radius 1 is 1.45 bits per heavy atom. The van der Waals surface area contributed by atoms with Gasteiger partial charge in [-0.15, -0.1) is 0 Å². The average molecular weight is 379 g/mol. The number of nitrogens with one attached hydrogen (secondary N) is 1. The Kier molecular flexibility index (Phi) is 4.85. The summed E-state index contributed by atoms with van der Waals surface area (Å²) >= 11 is 9.19. The van der Waals surface area contributed by atoms with E-state index in [2.05, 4.69) is 25.6 Å². The van der Waals surface area contributed by atoms with Gasteiger partial charge in [-0.25, -0.2) is 18.1 Å². The zero-order valence-electron chi connectivity index (χ0n) is 10.7. The van der Waals surface area contributed by atoms with Crippen molar-refractivity contribution in [3.63, 3.8) is 0 Å². The van der Waals surface area contributed by atoms with Crippen LogP contribution in [0.5, 0.6) is 0 Å². The van der Waals surface area contributed by atoms with Crippen LogP contribution in [0.15, 0.2) is 40.0 Å². The quantitative estimate of drug-likeness (QED) is 0.868. The molecular weight excluding hydrogens is 366 g/mol. The molecule has 1 heterocycles. The lowest BCUT2D eigenvalue weighted by molar-refractivity contribution is 0.580. The van der Waals surface area contributed by atoms with Crippen LogP contribution >= 0.6 is 27.5 Å². The van der Waals surface area contributed by atoms with Crippen LogP contribution in [-0.4, -0.2) is 24.5 Å². The Bertz CT molecular complexity index is 715. The third-order valence-corrected chi connectivity index (χ3v) is 5.18. The van der Waals surface area contributed by atoms with Crippen molar-refractivity contribution in [2.75, 3.05) is 6.54 Å². The molecule has 0 aliphatic rings. The highest BCUT2D eigenvalue weighted by Crippen LogP contribution is 2.24. The number of aryl methyl sites for hydroxylation is 1. The molecule has 0 amide bonds. The number of imidazole rings is 1. The number of nitrogens with zero attached hydrogens (tertiary/aromatic N) is 2. The molecule has 0 saturated carbocycles. The molecule has 2 rings (SSSR count). The van der Waals surface area contributed by atoms with Gasteiger partial charge in [0.2, 0.25) is 10.0 Å². The van der Waals surface area contributed by atoms with Gasteiger partial charge < -0.3 is 4.57 Å². The molecular formula is C12H13BrClN3O2S. The largest absolute Gasteiger partial charge is 0.338 e. The van der Waals surface area contributed by atoms with Crippen molar-refractivity contribution < 1.29 is 8.42 Å². The molecule has 2 aromatic rings. The van der Waals surface area contributed by atoms with E-state index >= 15 is 0 Å². The van der Waals surface area contributed by atoms with E-state index in [0.717, 1.165) is 10.3 Å². The highest BCUT2D eigenvalue weighted by Gasteiger charge is 2.17. The minimum absolute atomic E-state index is 0.0715. The Morgan fingerprint density at radius 3 is 2.80 bits per heavy atom. The van der Waals surface area contributed by atoms with E-state index in [9.17, 15) is 8.42 Å². The molecule has 20 heavy (non-hydrogen) atoms. The summed E-state index contributed by atoms with van der Waals surface area (Å²) in [6.45, 7) is 0.263. The van der Waals surface area contributed by atoms with E-state index in [-0.39, 0.29) is 16.5 Å². The predicted molar refractivity (Wildman–Crippen MR) is 81.3 cm³/mol. The maximum Gasteiger partial charge on any atom is 0.242 e. The van der Waals surface area contributed by atoms with Gasteiger partial charge in [-0.1, -0.05) is 27.5 Å². The van der Waals surface area contributed by atoms with Gasteiger partial charge in [0.05, 0.1) is 5.02 Å². The topological polar surface area (TPSA) is 64.0 Å². The number of halogens is 2. The number of hydrogen-bond acceptors (Lipinski definition) is 3. The molecule has 0 unspecified atom stereocenters. The van der Waals surface area contributed by atoms with Crippen LogP contribution < -0.4 is 4.72 Å². The second kappa shape index (κ2) is 6.26. The second-order valence-corrected chi connectivity index (χ2v) is 7.24. The van der Waals surface area contributed by atoms with Crippen molar-refractivity contribution in [2.24, 2.45) is 7.05 Å². The highest BCUT2D eigenvalue weighted by atomic mass is 79.9. The van der Waals surface area contributed by atoms with Gasteiger partial charge in [0, 0.05) is 36.9 Å². The van der Waals surface area contributed by atoms with Crippen molar-refractivity contribution in [2.45, 2.75) is 11.3 Å². The number of sulfonamides is 1. The lowest BCUT2D eigenvalue weighted by Crippen LogP contribution is -2.26. The van der Waals surface area contributed by atoms with Gasteiger partial charge in [0.15, 0.2) is 0 Å². The standard InChI is InChI=1S/C12H13BrClN3O2S/c1-17-7-6-15-12(17)4-5-16-20(18,19)11-3-2-9(13)8-10(11)14/h2-3,6-8,16H,4-5H2,1H3. The van der Waals surface area contributed by atoms with E-state index < -0.39 is 10.0 Å². The molecule has 0 spiro atoms. The Labute approximate surface area is 131 Å². The first-order valence-corrected chi connectivity index (χ1v) is 8.46. The Morgan fingerprint density at radius 2 is 2.20 bits per heavy atom. The van der Waals surface area contributed by atoms with Gasteiger partial charge in [-0.3, -0.25) is 0 Å². The fraction of sp³-hybridized carbons (Fsp3) is 0.250. The second-order valence-electron chi connectivity index (χ2n) is 4.18. The van der Waals surface area contributed by atoms with Gasteiger partial charge >= 0.3 is 0 Å². The average Bonchev–Trinajstić information content (AvgIpc) is 2.74. The molecule has 0 bridgehead atoms. The van der Waals surface area contributed by atoms with Crippen molar-refractivity contribution in [1.82, 2.24) is 14.3 Å². The van der Waals surface area contributed by atoms with Crippen LogP contribution in [-0.2, 0) is 23.5 Å². The molecule has 8 heteroatoms. The summed E-state index contributed by atoms with van der Waals surface area (Å²) in [5, 5.41) is 0.184. The fourth-order valence-corrected chi connectivity index (χ4v) is 3.77. The SMILES string of the molecule is Cn1ccnc1CCNS(=O)(=O)c1ccc(Br)cc1Cl. The van der Waals surface area contributed by atoms with E-state index in [1.165, 1.54) is 6.07 Å². The van der Waals surface area contributed by atoms with Crippen LogP contribution in [0.25, 0.3) is 0 Å². The number of hydrogen-bond donors (Lipinski definition) is 1. The summed E-state index contributed by atoms with van der Waals surface area (Å²) in [5.41, 5.74) is 0. The van der Waals surface area contributed by atoms with E-state index in [0.29, 0.717) is 6.42 Å². The molecule has 0 aliphatic carbocycles. The van der Waals surface area contributed by atoms with Crippen LogP contribution in [0.4, 0.5) is 0 Å². The van der Waals surface area contributed by atoms with E-state index in [4.69, 9.17) is 11.6 Å². The summed E-state index contributed by atoms with van der Waals surface area (Å²) in [6, 6.07) is 4.66. The summed E-state index contributed by atoms with van der Waals surface area (Å²) in [4.78, 5) is 4.20. The molecule has 1 N–H and O–H groups in total. The molecule has 0 radical (unpaired) electrons. The molecule has 0 fully saturated rings. The maximum atomic E-state index is 12.1. The summed E-state index contributed by atoms with van der Waals surface area (Å²) in [5.74, 6) is 0.814. The van der Waals surface area contributed by atoms with Crippen molar-refractivity contribution >= 4 is 37.6 Å². The zero-order valence-corrected chi connectivity index (χ0v) is 13.8. The molecule has 0 saturated heterocycles. The number of aromatic nitrogens is 2. The first-order chi connectivity index (χ1) is 9.40. The summed E-state index contributed by atoms with van der Waals surface area (Å²) in [7, 11) is -1.75. The molecule has 1 aromatic carbocycles. The summed E-state index contributed by atoms with van der Waals surface area (Å²) < 4.78 is 29.4. The van der Waals surface area contributed by atoms with Gasteiger partial charge in [0.1, 0.15) is 10.7 Å². The minimum atomic E-state index is -3.61. The molecule has 108 valence electrons. The van der Waals surface area contributed by atoms with Crippen LogP contribution in [0.3, 0.4) is 0 Å². The fourth-order valence-electron chi connectivity index (χ4n) is 1.71. The van der Waals surface area contributed by atoms with Crippen molar-refractivity contribution in [3.05, 3.63) is 45.9 Å². The van der Waals surface area contributed by atoms with Crippen LogP contribution in [0.1, 0.15) is 5.82 Å². The monoisotopic (exact) mass is 377 g/mol. The molecule has 0 aliphatic heterocycles. The molecule has 0 atom stereocenters. The number of benzene rings is 1. The smallest absolute Gasteiger partial charge is 0.242 e. The lowest BCUT2D eigenvalue weighted by Gasteiger charge is -2.08. The molecule has 1 aromatic heterocycles. The van der Waals surface area contributed by atoms with Crippen molar-refractivity contribution in [3.8, 4) is 0 Å². The van der Waals surface area contributed by atoms with Gasteiger partial charge in [-0.2, -0.15) is 0 Å². The maximum absolute atomic E-state index is 12.1. The highest BCUT2D eigenvalue weighted by molar-refractivity contribution is 9.10. The third kappa shape index (κ3) is 3.60. The van der Waals surface area contributed by atoms with Crippen LogP contribution in [0.2, 0.25) is 5.02 Å². The first kappa shape index (κ1) is 15.5. The third-order valence-electron chi connectivity index (χ3n) is 2.75. The number of rotatable bonds is 5. The lowest BCUT2D eigenvalue weighted by atomic mass is 10.4. The predicted octanol–water partition coefficient (Wildman–Crippen LogP) is 2.36. The van der Waals surface area contributed by atoms with Gasteiger partial charge in [-0.05, 0) is 18.2 Å². The minimum Gasteiger partial charge on any atom is -0.338 e. The molecule has 5 nitrogen and oxygen atoms in total. The Balaban J connectivity index is 2.06. The summed E-state index contributed by atoms with van der Waals surface area (Å²) in [6.07, 6.45) is 4.00.